The molecule has 1 aliphatic rings. The van der Waals surface area contributed by atoms with E-state index in [0.29, 0.717) is 4.17 Å². The minimum absolute atomic E-state index is 0.320. The predicted octanol–water partition coefficient (Wildman–Crippen LogP) is 2.66. The number of hydrogen-bond donors (Lipinski definition) is 1. The van der Waals surface area contributed by atoms with Gasteiger partial charge in [-0.3, -0.25) is 0 Å². The molecule has 116 valence electrons. The van der Waals surface area contributed by atoms with Crippen LogP contribution in [-0.2, 0) is 0 Å². The van der Waals surface area contributed by atoms with Gasteiger partial charge in [-0.15, -0.1) is 0 Å². The Balaban J connectivity index is 1.99. The van der Waals surface area contributed by atoms with E-state index in [1.165, 1.54) is 10.6 Å². The fourth-order valence-corrected chi connectivity index (χ4v) is 6.87. The Morgan fingerprint density at radius 2 is 1.45 bits per heavy atom. The van der Waals surface area contributed by atoms with E-state index in [1.54, 1.807) is 0 Å². The van der Waals surface area contributed by atoms with Crippen LogP contribution in [0, 0.1) is 0 Å². The molecule has 1 atom stereocenters. The number of benzene rings is 2. The molecule has 0 spiro atoms. The molecule has 1 unspecified atom stereocenters. The number of nitrogens with two attached hydrogens (primary N) is 1. The summed E-state index contributed by atoms with van der Waals surface area (Å²) in [4.78, 5) is 4.54. The Kier molecular flexibility index (Phi) is 4.71. The Morgan fingerprint density at radius 1 is 0.955 bits per heavy atom. The van der Waals surface area contributed by atoms with Gasteiger partial charge in [0.1, 0.15) is 0 Å². The summed E-state index contributed by atoms with van der Waals surface area (Å²) in [5.41, 5.74) is 7.07. The van der Waals surface area contributed by atoms with Gasteiger partial charge in [0.05, 0.1) is 0 Å². The standard InChI is InChI=1S/C17H21IN3P/c1-20-12-13-21(17(20)18)14-22(19,15-8-4-2-5-9-15)16-10-6-3-7-11-16/h2-13,17,22H,14,19H2,1H3. The van der Waals surface area contributed by atoms with Crippen molar-refractivity contribution in [2.75, 3.05) is 13.3 Å². The van der Waals surface area contributed by atoms with Crippen molar-refractivity contribution in [2.45, 2.75) is 4.17 Å². The molecule has 0 amide bonds. The van der Waals surface area contributed by atoms with E-state index in [1.807, 2.05) is 12.1 Å². The molecule has 3 nitrogen and oxygen atoms in total. The van der Waals surface area contributed by atoms with Gasteiger partial charge in [-0.25, -0.2) is 0 Å². The fraction of sp³-hybridized carbons (Fsp3) is 0.176. The first-order valence-electron chi connectivity index (χ1n) is 7.31. The molecule has 2 aromatic rings. The van der Waals surface area contributed by atoms with Crippen molar-refractivity contribution in [2.24, 2.45) is 5.50 Å². The van der Waals surface area contributed by atoms with E-state index in [0.717, 1.165) is 6.29 Å². The maximum atomic E-state index is 7.07. The van der Waals surface area contributed by atoms with Gasteiger partial charge in [0.25, 0.3) is 0 Å². The molecule has 22 heavy (non-hydrogen) atoms. The molecule has 0 fully saturated rings. The van der Waals surface area contributed by atoms with Crippen molar-refractivity contribution in [1.82, 2.24) is 9.80 Å². The van der Waals surface area contributed by atoms with Gasteiger partial charge in [-0.2, -0.15) is 0 Å². The molecule has 2 aromatic carbocycles. The second-order valence-electron chi connectivity index (χ2n) is 5.65. The van der Waals surface area contributed by atoms with Gasteiger partial charge in [0.2, 0.25) is 0 Å². The van der Waals surface area contributed by atoms with E-state index in [9.17, 15) is 0 Å². The first-order valence-corrected chi connectivity index (χ1v) is 10.8. The molecule has 0 aliphatic carbocycles. The SMILES string of the molecule is CN1C=CN(C[PH](N)(c2ccccc2)c2ccccc2)C1I. The van der Waals surface area contributed by atoms with Crippen LogP contribution in [0.5, 0.6) is 0 Å². The van der Waals surface area contributed by atoms with Crippen LogP contribution < -0.4 is 16.1 Å². The Hall–Kier alpha value is -1.10. The summed E-state index contributed by atoms with van der Waals surface area (Å²) in [5.74, 6) is 0. The van der Waals surface area contributed by atoms with Crippen LogP contribution in [0.15, 0.2) is 73.1 Å². The van der Waals surface area contributed by atoms with Crippen molar-refractivity contribution in [3.63, 3.8) is 0 Å². The van der Waals surface area contributed by atoms with Crippen molar-refractivity contribution < 1.29 is 0 Å². The predicted molar refractivity (Wildman–Crippen MR) is 106 cm³/mol. The van der Waals surface area contributed by atoms with Crippen LogP contribution in [0.25, 0.3) is 0 Å². The van der Waals surface area contributed by atoms with Crippen molar-refractivity contribution in [3.8, 4) is 0 Å². The molecular weight excluding hydrogens is 404 g/mol. The van der Waals surface area contributed by atoms with Crippen LogP contribution in [-0.4, -0.2) is 27.3 Å². The third-order valence-electron chi connectivity index (χ3n) is 4.11. The summed E-state index contributed by atoms with van der Waals surface area (Å²) >= 11 is 2.45. The number of halogens is 1. The molecule has 0 radical (unpaired) electrons. The van der Waals surface area contributed by atoms with Crippen LogP contribution in [0.3, 0.4) is 0 Å². The molecule has 0 bridgehead atoms. The van der Waals surface area contributed by atoms with E-state index >= 15 is 0 Å². The minimum atomic E-state index is -2.29. The van der Waals surface area contributed by atoms with Gasteiger partial charge in [-0.1, -0.05) is 0 Å². The zero-order valence-corrected chi connectivity index (χ0v) is 15.7. The zero-order valence-electron chi connectivity index (χ0n) is 12.6. The third kappa shape index (κ3) is 3.00. The molecular formula is C17H21IN3P. The molecule has 1 heterocycles. The summed E-state index contributed by atoms with van der Waals surface area (Å²) in [7, 11) is -0.199. The Morgan fingerprint density at radius 3 is 1.86 bits per heavy atom. The summed E-state index contributed by atoms with van der Waals surface area (Å²) < 4.78 is 0.320. The molecule has 0 saturated carbocycles. The summed E-state index contributed by atoms with van der Waals surface area (Å²) in [6.45, 7) is 0. The quantitative estimate of drug-likeness (QED) is 0.354. The van der Waals surface area contributed by atoms with Crippen molar-refractivity contribution >= 4 is 40.6 Å². The van der Waals surface area contributed by atoms with Gasteiger partial charge in [0.15, 0.2) is 0 Å². The van der Waals surface area contributed by atoms with Crippen molar-refractivity contribution in [1.29, 1.82) is 0 Å². The normalized spacial score (nSPS) is 18.8. The number of alkyl halides is 1. The fourth-order valence-electron chi connectivity index (χ4n) is 2.80. The van der Waals surface area contributed by atoms with Crippen LogP contribution in [0.4, 0.5) is 0 Å². The maximum absolute atomic E-state index is 7.07. The number of hydrogen-bond acceptors (Lipinski definition) is 3. The summed E-state index contributed by atoms with van der Waals surface area (Å²) in [6.07, 6.45) is 5.13. The first-order chi connectivity index (χ1) is 10.6. The van der Waals surface area contributed by atoms with Gasteiger partial charge < -0.3 is 0 Å². The van der Waals surface area contributed by atoms with E-state index in [-0.39, 0.29) is 0 Å². The molecule has 0 aromatic heterocycles. The summed E-state index contributed by atoms with van der Waals surface area (Å²) in [6, 6.07) is 21.1. The third-order valence-corrected chi connectivity index (χ3v) is 9.30. The van der Waals surface area contributed by atoms with Crippen LogP contribution in [0.2, 0.25) is 0 Å². The molecule has 2 N–H and O–H groups in total. The number of rotatable bonds is 4. The van der Waals surface area contributed by atoms with Gasteiger partial charge in [-0.05, 0) is 0 Å². The van der Waals surface area contributed by atoms with Crippen LogP contribution >= 0.6 is 30.0 Å². The summed E-state index contributed by atoms with van der Waals surface area (Å²) in [5, 5.41) is 2.54. The van der Waals surface area contributed by atoms with Crippen LogP contribution in [0.1, 0.15) is 0 Å². The zero-order chi connectivity index (χ0) is 15.6. The molecule has 3 rings (SSSR count). The van der Waals surface area contributed by atoms with E-state index in [2.05, 4.69) is 100 Å². The molecule has 1 aliphatic heterocycles. The average molecular weight is 425 g/mol. The number of nitrogens with zero attached hydrogens (tertiary/aromatic N) is 2. The second kappa shape index (κ2) is 6.57. The second-order valence-corrected chi connectivity index (χ2v) is 10.2. The Labute approximate surface area is 146 Å². The van der Waals surface area contributed by atoms with Crippen molar-refractivity contribution in [3.05, 3.63) is 73.1 Å². The molecule has 5 heteroatoms. The average Bonchev–Trinajstić information content (AvgIpc) is 2.88. The van der Waals surface area contributed by atoms with Gasteiger partial charge in [0, 0.05) is 0 Å². The van der Waals surface area contributed by atoms with Gasteiger partial charge >= 0.3 is 146 Å². The van der Waals surface area contributed by atoms with E-state index in [4.69, 9.17) is 5.50 Å². The Bertz CT molecular complexity index is 608. The van der Waals surface area contributed by atoms with E-state index < -0.39 is 7.41 Å². The topological polar surface area (TPSA) is 32.5 Å². The molecule has 0 saturated heterocycles. The monoisotopic (exact) mass is 425 g/mol. The first kappa shape index (κ1) is 15.8.